The second-order valence-electron chi connectivity index (χ2n) is 4.06. The number of halogens is 1. The molecule has 1 aromatic carbocycles. The first-order valence-electron chi connectivity index (χ1n) is 5.94. The van der Waals surface area contributed by atoms with Gasteiger partial charge in [0.15, 0.2) is 0 Å². The highest BCUT2D eigenvalue weighted by Gasteiger charge is 2.14. The molecule has 6 heteroatoms. The molecule has 0 spiro atoms. The summed E-state index contributed by atoms with van der Waals surface area (Å²) in [5.41, 5.74) is 1.22. The van der Waals surface area contributed by atoms with Gasteiger partial charge in [0.2, 0.25) is 5.91 Å². The summed E-state index contributed by atoms with van der Waals surface area (Å²) in [6.45, 7) is 0. The van der Waals surface area contributed by atoms with Crippen LogP contribution in [0.5, 0.6) is 0 Å². The molecule has 1 heterocycles. The van der Waals surface area contributed by atoms with Crippen molar-refractivity contribution in [2.24, 2.45) is 0 Å². The second-order valence-corrected chi connectivity index (χ2v) is 5.38. The quantitative estimate of drug-likeness (QED) is 0.912. The SMILES string of the molecule is CNC(=O)c1ccsc1NC(=O)Cc1ccccc1Cl. The second kappa shape index (κ2) is 6.54. The number of hydrogen-bond acceptors (Lipinski definition) is 3. The molecule has 0 saturated heterocycles. The van der Waals surface area contributed by atoms with Crippen molar-refractivity contribution in [1.29, 1.82) is 0 Å². The fourth-order valence-corrected chi connectivity index (χ4v) is 2.71. The first kappa shape index (κ1) is 14.6. The van der Waals surface area contributed by atoms with E-state index in [0.717, 1.165) is 5.56 Å². The van der Waals surface area contributed by atoms with Crippen LogP contribution in [0.2, 0.25) is 5.02 Å². The molecule has 0 aliphatic heterocycles. The van der Waals surface area contributed by atoms with E-state index in [9.17, 15) is 9.59 Å². The van der Waals surface area contributed by atoms with Gasteiger partial charge in [0.1, 0.15) is 5.00 Å². The summed E-state index contributed by atoms with van der Waals surface area (Å²) < 4.78 is 0. The molecular formula is C14H13ClN2O2S. The molecular weight excluding hydrogens is 296 g/mol. The zero-order valence-corrected chi connectivity index (χ0v) is 12.3. The Labute approximate surface area is 125 Å². The fourth-order valence-electron chi connectivity index (χ4n) is 1.71. The minimum absolute atomic E-state index is 0.171. The van der Waals surface area contributed by atoms with Gasteiger partial charge >= 0.3 is 0 Å². The van der Waals surface area contributed by atoms with E-state index in [1.807, 2.05) is 12.1 Å². The molecule has 0 bridgehead atoms. The molecule has 104 valence electrons. The number of thiophene rings is 1. The monoisotopic (exact) mass is 308 g/mol. The van der Waals surface area contributed by atoms with Crippen molar-refractivity contribution < 1.29 is 9.59 Å². The highest BCUT2D eigenvalue weighted by molar-refractivity contribution is 7.14. The van der Waals surface area contributed by atoms with Gasteiger partial charge in [-0.2, -0.15) is 0 Å². The van der Waals surface area contributed by atoms with Crippen LogP contribution in [0, 0.1) is 0 Å². The van der Waals surface area contributed by atoms with E-state index in [0.29, 0.717) is 15.6 Å². The van der Waals surface area contributed by atoms with Crippen molar-refractivity contribution in [3.63, 3.8) is 0 Å². The van der Waals surface area contributed by atoms with Gasteiger partial charge in [-0.05, 0) is 23.1 Å². The number of amides is 2. The molecule has 0 fully saturated rings. The number of benzene rings is 1. The number of rotatable bonds is 4. The van der Waals surface area contributed by atoms with Crippen LogP contribution in [0.4, 0.5) is 5.00 Å². The van der Waals surface area contributed by atoms with Crippen molar-refractivity contribution in [3.05, 3.63) is 51.9 Å². The molecule has 0 atom stereocenters. The standard InChI is InChI=1S/C14H13ClN2O2S/c1-16-13(19)10-6-7-20-14(10)17-12(18)8-9-4-2-3-5-11(9)15/h2-7H,8H2,1H3,(H,16,19)(H,17,18). The molecule has 2 N–H and O–H groups in total. The van der Waals surface area contributed by atoms with E-state index in [2.05, 4.69) is 10.6 Å². The molecule has 4 nitrogen and oxygen atoms in total. The third-order valence-corrected chi connectivity index (χ3v) is 3.90. The Balaban J connectivity index is 2.08. The molecule has 0 radical (unpaired) electrons. The molecule has 0 aliphatic rings. The van der Waals surface area contributed by atoms with E-state index >= 15 is 0 Å². The average Bonchev–Trinajstić information content (AvgIpc) is 2.88. The third-order valence-electron chi connectivity index (χ3n) is 2.70. The van der Waals surface area contributed by atoms with Crippen LogP contribution in [0.15, 0.2) is 35.7 Å². The Morgan fingerprint density at radius 1 is 1.25 bits per heavy atom. The zero-order chi connectivity index (χ0) is 14.5. The Kier molecular flexibility index (Phi) is 4.76. The maximum absolute atomic E-state index is 12.0. The minimum Gasteiger partial charge on any atom is -0.355 e. The number of hydrogen-bond donors (Lipinski definition) is 2. The predicted molar refractivity (Wildman–Crippen MR) is 81.5 cm³/mol. The van der Waals surface area contributed by atoms with E-state index in [4.69, 9.17) is 11.6 Å². The maximum Gasteiger partial charge on any atom is 0.254 e. The van der Waals surface area contributed by atoms with Gasteiger partial charge in [0, 0.05) is 12.1 Å². The van der Waals surface area contributed by atoms with Gasteiger partial charge in [-0.15, -0.1) is 11.3 Å². The topological polar surface area (TPSA) is 58.2 Å². The molecule has 2 amide bonds. The van der Waals surface area contributed by atoms with Crippen molar-refractivity contribution >= 4 is 39.8 Å². The van der Waals surface area contributed by atoms with Crippen LogP contribution in [-0.4, -0.2) is 18.9 Å². The van der Waals surface area contributed by atoms with Crippen LogP contribution in [-0.2, 0) is 11.2 Å². The van der Waals surface area contributed by atoms with E-state index < -0.39 is 0 Å². The summed E-state index contributed by atoms with van der Waals surface area (Å²) in [4.78, 5) is 23.6. The zero-order valence-electron chi connectivity index (χ0n) is 10.8. The molecule has 0 saturated carbocycles. The van der Waals surface area contributed by atoms with E-state index in [1.54, 1.807) is 30.6 Å². The lowest BCUT2D eigenvalue weighted by atomic mass is 10.1. The summed E-state index contributed by atoms with van der Waals surface area (Å²) in [6.07, 6.45) is 0.171. The lowest BCUT2D eigenvalue weighted by Crippen LogP contribution is -2.20. The highest BCUT2D eigenvalue weighted by Crippen LogP contribution is 2.24. The molecule has 0 unspecified atom stereocenters. The lowest BCUT2D eigenvalue weighted by Gasteiger charge is -2.06. The number of carbonyl (C=O) groups is 2. The van der Waals surface area contributed by atoms with Crippen molar-refractivity contribution in [2.45, 2.75) is 6.42 Å². The summed E-state index contributed by atoms with van der Waals surface area (Å²) >= 11 is 7.32. The highest BCUT2D eigenvalue weighted by atomic mass is 35.5. The van der Waals surface area contributed by atoms with E-state index in [1.165, 1.54) is 11.3 Å². The Morgan fingerprint density at radius 2 is 2.00 bits per heavy atom. The van der Waals surface area contributed by atoms with Gasteiger partial charge in [0.05, 0.1) is 12.0 Å². The lowest BCUT2D eigenvalue weighted by molar-refractivity contribution is -0.115. The third kappa shape index (κ3) is 3.37. The van der Waals surface area contributed by atoms with Crippen molar-refractivity contribution in [2.75, 3.05) is 12.4 Å². The van der Waals surface area contributed by atoms with Crippen LogP contribution in [0.25, 0.3) is 0 Å². The molecule has 2 rings (SSSR count). The normalized spacial score (nSPS) is 10.1. The minimum atomic E-state index is -0.223. The largest absolute Gasteiger partial charge is 0.355 e. The summed E-state index contributed by atoms with van der Waals surface area (Å²) in [7, 11) is 1.55. The van der Waals surface area contributed by atoms with Gasteiger partial charge in [-0.25, -0.2) is 0 Å². The Morgan fingerprint density at radius 3 is 2.70 bits per heavy atom. The van der Waals surface area contributed by atoms with Gasteiger partial charge in [-0.1, -0.05) is 29.8 Å². The van der Waals surface area contributed by atoms with Crippen LogP contribution < -0.4 is 10.6 Å². The summed E-state index contributed by atoms with van der Waals surface area (Å²) in [6, 6.07) is 8.86. The average molecular weight is 309 g/mol. The smallest absolute Gasteiger partial charge is 0.254 e. The van der Waals surface area contributed by atoms with Gasteiger partial charge < -0.3 is 10.6 Å². The fraction of sp³-hybridized carbons (Fsp3) is 0.143. The van der Waals surface area contributed by atoms with Crippen molar-refractivity contribution in [3.8, 4) is 0 Å². The first-order chi connectivity index (χ1) is 9.61. The first-order valence-corrected chi connectivity index (χ1v) is 7.20. The van der Waals surface area contributed by atoms with Crippen molar-refractivity contribution in [1.82, 2.24) is 5.32 Å². The maximum atomic E-state index is 12.0. The van der Waals surface area contributed by atoms with Crippen LogP contribution in [0.3, 0.4) is 0 Å². The molecule has 1 aromatic heterocycles. The predicted octanol–water partition coefficient (Wildman–Crippen LogP) is 2.94. The number of anilines is 1. The Hall–Kier alpha value is -1.85. The van der Waals surface area contributed by atoms with Gasteiger partial charge in [0.25, 0.3) is 5.91 Å². The molecule has 20 heavy (non-hydrogen) atoms. The van der Waals surface area contributed by atoms with Crippen LogP contribution >= 0.6 is 22.9 Å². The molecule has 2 aromatic rings. The summed E-state index contributed by atoms with van der Waals surface area (Å²) in [5, 5.41) is 8.14. The number of carbonyl (C=O) groups excluding carboxylic acids is 2. The summed E-state index contributed by atoms with van der Waals surface area (Å²) in [5.74, 6) is -0.426. The van der Waals surface area contributed by atoms with Crippen LogP contribution in [0.1, 0.15) is 15.9 Å². The van der Waals surface area contributed by atoms with E-state index in [-0.39, 0.29) is 18.2 Å². The molecule has 0 aliphatic carbocycles. The van der Waals surface area contributed by atoms with Gasteiger partial charge in [-0.3, -0.25) is 9.59 Å². The Bertz CT molecular complexity index is 640. The number of nitrogens with one attached hydrogen (secondary N) is 2.